The molecule has 0 aliphatic heterocycles. The lowest BCUT2D eigenvalue weighted by Crippen LogP contribution is -2.36. The Morgan fingerprint density at radius 3 is 2.11 bits per heavy atom. The molecule has 2 unspecified atom stereocenters. The van der Waals surface area contributed by atoms with Gasteiger partial charge in [-0.3, -0.25) is 19.2 Å². The van der Waals surface area contributed by atoms with Gasteiger partial charge >= 0.3 is 11.9 Å². The summed E-state index contributed by atoms with van der Waals surface area (Å²) in [5.41, 5.74) is 0. The van der Waals surface area contributed by atoms with Gasteiger partial charge in [-0.15, -0.1) is 6.58 Å². The molecule has 0 fully saturated rings. The lowest BCUT2D eigenvalue weighted by atomic mass is 10.1. The summed E-state index contributed by atoms with van der Waals surface area (Å²) >= 11 is 0. The van der Waals surface area contributed by atoms with Crippen molar-refractivity contribution in [1.29, 1.82) is 10.5 Å². The van der Waals surface area contributed by atoms with Crippen molar-refractivity contribution in [3.8, 4) is 12.4 Å². The lowest BCUT2D eigenvalue weighted by molar-refractivity contribution is -0.145. The second kappa shape index (κ2) is 29.1. The van der Waals surface area contributed by atoms with Crippen LogP contribution in [-0.4, -0.2) is 74.7 Å². The van der Waals surface area contributed by atoms with Gasteiger partial charge in [0.15, 0.2) is 12.4 Å². The summed E-state index contributed by atoms with van der Waals surface area (Å²) in [6.07, 6.45) is 10.9. The highest BCUT2D eigenvalue weighted by molar-refractivity contribution is 5.75. The minimum Gasteiger partial charge on any atom is -0.468 e. The van der Waals surface area contributed by atoms with Gasteiger partial charge in [-0.25, -0.2) is 4.90 Å². The molecule has 0 spiro atoms. The Morgan fingerprint density at radius 2 is 1.63 bits per heavy atom. The summed E-state index contributed by atoms with van der Waals surface area (Å²) in [6, 6.07) is -0.419. The molecule has 0 saturated heterocycles. The normalized spacial score (nSPS) is 10.4. The number of ether oxygens (including phenoxy) is 3. The van der Waals surface area contributed by atoms with E-state index < -0.39 is 6.04 Å². The third-order valence-electron chi connectivity index (χ3n) is 4.19. The molecule has 0 rings (SSSR count). The van der Waals surface area contributed by atoms with Crippen LogP contribution in [0, 0.1) is 22.9 Å². The van der Waals surface area contributed by atoms with E-state index in [0.717, 1.165) is 11.3 Å². The van der Waals surface area contributed by atoms with Gasteiger partial charge in [0.25, 0.3) is 6.47 Å². The molecule has 0 heterocycles. The number of likely N-dealkylation sites (N-methyl/N-ethyl adjacent to an activating group) is 1. The fourth-order valence-corrected chi connectivity index (χ4v) is 2.37. The molecule has 212 valence electrons. The Balaban J connectivity index is -0.000000524. The molecule has 38 heavy (non-hydrogen) atoms. The smallest absolute Gasteiger partial charge is 0.323 e. The first kappa shape index (κ1) is 38.4. The van der Waals surface area contributed by atoms with Gasteiger partial charge in [-0.1, -0.05) is 31.4 Å². The molecule has 12 nitrogen and oxygen atoms in total. The largest absolute Gasteiger partial charge is 0.468 e. The van der Waals surface area contributed by atoms with Crippen LogP contribution in [0.2, 0.25) is 0 Å². The van der Waals surface area contributed by atoms with E-state index >= 15 is 0 Å². The number of nitrogens with one attached hydrogen (secondary N) is 2. The van der Waals surface area contributed by atoms with Crippen LogP contribution in [0.4, 0.5) is 0 Å². The third-order valence-corrected chi connectivity index (χ3v) is 4.19. The van der Waals surface area contributed by atoms with E-state index in [0.29, 0.717) is 45.3 Å². The molecular formula is C26H41N5O7. The number of carbonyl (C=O) groups excluding carboxylic acids is 4. The fraction of sp³-hybridized carbons (Fsp3) is 0.538. The summed E-state index contributed by atoms with van der Waals surface area (Å²) in [5, 5.41) is 22.5. The topological polar surface area (TPSA) is 171 Å². The Labute approximate surface area is 225 Å². The molecule has 0 bridgehead atoms. The number of rotatable bonds is 18. The van der Waals surface area contributed by atoms with E-state index in [9.17, 15) is 19.2 Å². The molecule has 1 amide bonds. The zero-order chi connectivity index (χ0) is 29.6. The SMILES string of the molecule is C=CCCOC=O.C=CCOC(=O)C(CCCN(C#N)C#N)NC.C=CCOC(=O)CCC(C)NC(C)=O. The summed E-state index contributed by atoms with van der Waals surface area (Å²) in [4.78, 5) is 43.5. The number of carbonyl (C=O) groups is 4. The molecule has 2 atom stereocenters. The van der Waals surface area contributed by atoms with Crippen molar-refractivity contribution in [3.63, 3.8) is 0 Å². The van der Waals surface area contributed by atoms with Crippen LogP contribution in [0.25, 0.3) is 0 Å². The second-order valence-electron chi connectivity index (χ2n) is 7.41. The van der Waals surface area contributed by atoms with Gasteiger partial charge in [-0.05, 0) is 39.7 Å². The zero-order valence-electron chi connectivity index (χ0n) is 22.6. The zero-order valence-corrected chi connectivity index (χ0v) is 22.6. The van der Waals surface area contributed by atoms with Gasteiger partial charge in [0.1, 0.15) is 19.3 Å². The first-order chi connectivity index (χ1) is 18.2. The molecule has 0 radical (unpaired) electrons. The Kier molecular flexibility index (Phi) is 29.4. The summed E-state index contributed by atoms with van der Waals surface area (Å²) < 4.78 is 14.0. The number of hydrogen-bond acceptors (Lipinski definition) is 11. The van der Waals surface area contributed by atoms with E-state index in [2.05, 4.69) is 35.1 Å². The van der Waals surface area contributed by atoms with Crippen LogP contribution in [0.1, 0.15) is 46.0 Å². The van der Waals surface area contributed by atoms with Gasteiger partial charge < -0.3 is 24.8 Å². The molecule has 0 aromatic rings. The van der Waals surface area contributed by atoms with Crippen LogP contribution < -0.4 is 10.6 Å². The van der Waals surface area contributed by atoms with Crippen LogP contribution in [-0.2, 0) is 33.4 Å². The summed E-state index contributed by atoms with van der Waals surface area (Å²) in [6.45, 7) is 15.2. The van der Waals surface area contributed by atoms with E-state index in [1.807, 2.05) is 6.92 Å². The summed E-state index contributed by atoms with van der Waals surface area (Å²) in [7, 11) is 1.66. The van der Waals surface area contributed by atoms with Crippen molar-refractivity contribution in [3.05, 3.63) is 38.0 Å². The number of esters is 2. The van der Waals surface area contributed by atoms with E-state index in [1.54, 1.807) is 25.5 Å². The summed E-state index contributed by atoms with van der Waals surface area (Å²) in [5.74, 6) is -0.702. The third kappa shape index (κ3) is 28.1. The molecule has 0 saturated carbocycles. The Bertz CT molecular complexity index is 768. The van der Waals surface area contributed by atoms with Crippen molar-refractivity contribution in [2.45, 2.75) is 58.0 Å². The maximum atomic E-state index is 11.5. The van der Waals surface area contributed by atoms with Crippen molar-refractivity contribution in [2.24, 2.45) is 0 Å². The van der Waals surface area contributed by atoms with Crippen LogP contribution in [0.15, 0.2) is 38.0 Å². The number of nitriles is 2. The highest BCUT2D eigenvalue weighted by Gasteiger charge is 2.17. The maximum absolute atomic E-state index is 11.5. The monoisotopic (exact) mass is 535 g/mol. The first-order valence-electron chi connectivity index (χ1n) is 11.9. The van der Waals surface area contributed by atoms with Gasteiger partial charge in [0.2, 0.25) is 5.91 Å². The number of hydrogen-bond donors (Lipinski definition) is 2. The van der Waals surface area contributed by atoms with Gasteiger partial charge in [0, 0.05) is 25.9 Å². The van der Waals surface area contributed by atoms with Crippen molar-refractivity contribution in [1.82, 2.24) is 15.5 Å². The van der Waals surface area contributed by atoms with E-state index in [1.165, 1.54) is 19.1 Å². The van der Waals surface area contributed by atoms with Crippen molar-refractivity contribution < 1.29 is 33.4 Å². The fourth-order valence-electron chi connectivity index (χ4n) is 2.37. The number of amides is 1. The highest BCUT2D eigenvalue weighted by atomic mass is 16.5. The molecule has 0 aliphatic rings. The standard InChI is InChI=1S/C11H16N4O2.C10H17NO3.C5H8O2/c1-3-7-17-11(16)10(14-2)5-4-6-15(8-12)9-13;1-4-7-14-10(13)6-5-8(2)11-9(3)12;1-2-3-4-7-5-6/h3,10,14H,1,4-7H2,2H3;4,8H,1,5-7H2,2-3H3,(H,11,12);2,5H,1,3-4H2. The quantitative estimate of drug-likeness (QED) is 0.0501. The predicted octanol–water partition coefficient (Wildman–Crippen LogP) is 2.10. The second-order valence-corrected chi connectivity index (χ2v) is 7.41. The highest BCUT2D eigenvalue weighted by Crippen LogP contribution is 2.01. The molecule has 2 N–H and O–H groups in total. The van der Waals surface area contributed by atoms with Crippen LogP contribution in [0.5, 0.6) is 0 Å². The van der Waals surface area contributed by atoms with Crippen molar-refractivity contribution in [2.75, 3.05) is 33.4 Å². The van der Waals surface area contributed by atoms with E-state index in [-0.39, 0.29) is 37.1 Å². The van der Waals surface area contributed by atoms with E-state index in [4.69, 9.17) is 20.0 Å². The molecular weight excluding hydrogens is 494 g/mol. The average molecular weight is 536 g/mol. The first-order valence-corrected chi connectivity index (χ1v) is 11.9. The number of nitrogens with zero attached hydrogens (tertiary/aromatic N) is 3. The Morgan fingerprint density at radius 1 is 1.03 bits per heavy atom. The maximum Gasteiger partial charge on any atom is 0.323 e. The predicted molar refractivity (Wildman–Crippen MR) is 142 cm³/mol. The minimum atomic E-state index is -0.422. The van der Waals surface area contributed by atoms with Crippen molar-refractivity contribution >= 4 is 24.3 Å². The molecule has 0 aromatic carbocycles. The lowest BCUT2D eigenvalue weighted by Gasteiger charge is -2.14. The van der Waals surface area contributed by atoms with Crippen LogP contribution in [0.3, 0.4) is 0 Å². The van der Waals surface area contributed by atoms with Crippen LogP contribution >= 0.6 is 0 Å². The Hall–Kier alpha value is -4.16. The van der Waals surface area contributed by atoms with Gasteiger partial charge in [-0.2, -0.15) is 10.5 Å². The van der Waals surface area contributed by atoms with Gasteiger partial charge in [0.05, 0.1) is 6.61 Å². The molecule has 12 heteroatoms. The molecule has 0 aliphatic carbocycles. The average Bonchev–Trinajstić information content (AvgIpc) is 2.90. The molecule has 0 aromatic heterocycles. The minimum absolute atomic E-state index is 0.00350.